The molecule has 0 bridgehead atoms. The number of ether oxygens (including phenoxy) is 3. The summed E-state index contributed by atoms with van der Waals surface area (Å²) >= 11 is 0. The maximum Gasteiger partial charge on any atom is 0.161 e. The average Bonchev–Trinajstić information content (AvgIpc) is 2.46. The predicted octanol–water partition coefficient (Wildman–Crippen LogP) is 2.53. The largest absolute Gasteiger partial charge is 0.493 e. The Morgan fingerprint density at radius 3 is 2.85 bits per heavy atom. The first-order valence-electron chi connectivity index (χ1n) is 7.36. The monoisotopic (exact) mass is 279 g/mol. The lowest BCUT2D eigenvalue weighted by atomic mass is 10.1. The van der Waals surface area contributed by atoms with E-state index in [9.17, 15) is 0 Å². The molecule has 1 aromatic rings. The lowest BCUT2D eigenvalue weighted by Gasteiger charge is -2.23. The third-order valence-electron chi connectivity index (χ3n) is 3.48. The number of rotatable bonds is 6. The Balaban J connectivity index is 1.99. The molecule has 1 aromatic carbocycles. The Bertz CT molecular complexity index is 414. The molecule has 1 saturated heterocycles. The second kappa shape index (κ2) is 7.50. The van der Waals surface area contributed by atoms with Crippen LogP contribution in [0.2, 0.25) is 0 Å². The molecule has 0 aromatic heterocycles. The van der Waals surface area contributed by atoms with Crippen LogP contribution in [-0.2, 0) is 11.2 Å². The van der Waals surface area contributed by atoms with Gasteiger partial charge >= 0.3 is 0 Å². The van der Waals surface area contributed by atoms with Gasteiger partial charge in [-0.2, -0.15) is 0 Å². The molecule has 1 aliphatic rings. The molecule has 2 rings (SSSR count). The van der Waals surface area contributed by atoms with E-state index in [0.29, 0.717) is 6.61 Å². The van der Waals surface area contributed by atoms with Gasteiger partial charge in [0.1, 0.15) is 6.61 Å². The van der Waals surface area contributed by atoms with Gasteiger partial charge in [0.05, 0.1) is 13.2 Å². The predicted molar refractivity (Wildman–Crippen MR) is 79.4 cm³/mol. The van der Waals surface area contributed by atoms with Gasteiger partial charge < -0.3 is 19.9 Å². The number of hydrogen-bond donors (Lipinski definition) is 1. The number of methoxy groups -OCH3 is 1. The van der Waals surface area contributed by atoms with Crippen molar-refractivity contribution in [2.45, 2.75) is 44.8 Å². The minimum Gasteiger partial charge on any atom is -0.493 e. The van der Waals surface area contributed by atoms with E-state index in [0.717, 1.165) is 37.4 Å². The molecule has 0 spiro atoms. The molecular weight excluding hydrogens is 254 g/mol. The van der Waals surface area contributed by atoms with Crippen LogP contribution >= 0.6 is 0 Å². The van der Waals surface area contributed by atoms with Gasteiger partial charge in [-0.1, -0.05) is 6.07 Å². The summed E-state index contributed by atoms with van der Waals surface area (Å²) in [5, 5.41) is 0. The van der Waals surface area contributed by atoms with E-state index in [2.05, 4.69) is 0 Å². The van der Waals surface area contributed by atoms with Gasteiger partial charge in [-0.05, 0) is 50.3 Å². The van der Waals surface area contributed by atoms with Gasteiger partial charge in [-0.15, -0.1) is 0 Å². The molecule has 2 N–H and O–H groups in total. The van der Waals surface area contributed by atoms with Gasteiger partial charge in [-0.25, -0.2) is 0 Å². The molecule has 20 heavy (non-hydrogen) atoms. The summed E-state index contributed by atoms with van der Waals surface area (Å²) in [5.41, 5.74) is 7.01. The Hall–Kier alpha value is -1.26. The van der Waals surface area contributed by atoms with Gasteiger partial charge in [0.25, 0.3) is 0 Å². The highest BCUT2D eigenvalue weighted by Crippen LogP contribution is 2.29. The lowest BCUT2D eigenvalue weighted by molar-refractivity contribution is -0.0115. The Kier molecular flexibility index (Phi) is 5.68. The first-order valence-corrected chi connectivity index (χ1v) is 7.36. The fraction of sp³-hybridized carbons (Fsp3) is 0.625. The summed E-state index contributed by atoms with van der Waals surface area (Å²) in [6.45, 7) is 3.43. The number of hydrogen-bond acceptors (Lipinski definition) is 4. The fourth-order valence-electron chi connectivity index (χ4n) is 2.45. The first-order chi connectivity index (χ1) is 9.69. The van der Waals surface area contributed by atoms with E-state index in [4.69, 9.17) is 19.9 Å². The molecule has 4 heteroatoms. The van der Waals surface area contributed by atoms with Crippen molar-refractivity contribution in [1.82, 2.24) is 0 Å². The van der Waals surface area contributed by atoms with Crippen molar-refractivity contribution < 1.29 is 14.2 Å². The summed E-state index contributed by atoms with van der Waals surface area (Å²) in [4.78, 5) is 0. The van der Waals surface area contributed by atoms with Crippen LogP contribution in [0.1, 0.15) is 31.7 Å². The molecule has 112 valence electrons. The molecule has 0 aliphatic carbocycles. The molecule has 2 unspecified atom stereocenters. The Morgan fingerprint density at radius 2 is 2.20 bits per heavy atom. The maximum absolute atomic E-state index is 5.90. The highest BCUT2D eigenvalue weighted by atomic mass is 16.5. The Morgan fingerprint density at radius 1 is 1.35 bits per heavy atom. The molecule has 1 aliphatic heterocycles. The minimum absolute atomic E-state index is 0.137. The van der Waals surface area contributed by atoms with Crippen molar-refractivity contribution in [3.8, 4) is 11.5 Å². The minimum atomic E-state index is 0.137. The third-order valence-corrected chi connectivity index (χ3v) is 3.48. The lowest BCUT2D eigenvalue weighted by Crippen LogP contribution is -2.26. The van der Waals surface area contributed by atoms with E-state index in [-0.39, 0.29) is 12.1 Å². The van der Waals surface area contributed by atoms with Gasteiger partial charge in [-0.3, -0.25) is 0 Å². The molecule has 0 radical (unpaired) electrons. The molecule has 1 heterocycles. The van der Waals surface area contributed by atoms with Crippen LogP contribution < -0.4 is 15.2 Å². The maximum atomic E-state index is 5.90. The summed E-state index contributed by atoms with van der Waals surface area (Å²) in [6.07, 6.45) is 4.48. The molecular formula is C16H25NO3. The highest BCUT2D eigenvalue weighted by Gasteiger charge is 2.16. The topological polar surface area (TPSA) is 53.7 Å². The number of nitrogens with two attached hydrogens (primary N) is 1. The van der Waals surface area contributed by atoms with Crippen LogP contribution in [0.3, 0.4) is 0 Å². The van der Waals surface area contributed by atoms with Crippen molar-refractivity contribution in [3.63, 3.8) is 0 Å². The smallest absolute Gasteiger partial charge is 0.161 e. The van der Waals surface area contributed by atoms with Crippen LogP contribution in [-0.4, -0.2) is 32.5 Å². The summed E-state index contributed by atoms with van der Waals surface area (Å²) in [7, 11) is 1.66. The Labute approximate surface area is 121 Å². The summed E-state index contributed by atoms with van der Waals surface area (Å²) in [5.74, 6) is 1.54. The van der Waals surface area contributed by atoms with Crippen LogP contribution in [0.15, 0.2) is 18.2 Å². The summed E-state index contributed by atoms with van der Waals surface area (Å²) in [6, 6.07) is 6.13. The highest BCUT2D eigenvalue weighted by molar-refractivity contribution is 5.43. The van der Waals surface area contributed by atoms with Crippen LogP contribution in [0.4, 0.5) is 0 Å². The van der Waals surface area contributed by atoms with Crippen molar-refractivity contribution >= 4 is 0 Å². The van der Waals surface area contributed by atoms with Crippen LogP contribution in [0, 0.1) is 0 Å². The first kappa shape index (κ1) is 15.1. The average molecular weight is 279 g/mol. The van der Waals surface area contributed by atoms with Crippen molar-refractivity contribution in [2.24, 2.45) is 5.73 Å². The van der Waals surface area contributed by atoms with Gasteiger partial charge in [0.2, 0.25) is 0 Å². The zero-order chi connectivity index (χ0) is 14.4. The van der Waals surface area contributed by atoms with Crippen molar-refractivity contribution in [2.75, 3.05) is 20.3 Å². The van der Waals surface area contributed by atoms with Gasteiger partial charge in [0.15, 0.2) is 11.5 Å². The van der Waals surface area contributed by atoms with E-state index < -0.39 is 0 Å². The molecule has 0 amide bonds. The third kappa shape index (κ3) is 4.39. The van der Waals surface area contributed by atoms with E-state index in [1.807, 2.05) is 25.1 Å². The molecule has 4 nitrogen and oxygen atoms in total. The van der Waals surface area contributed by atoms with E-state index >= 15 is 0 Å². The van der Waals surface area contributed by atoms with Crippen LogP contribution in [0.25, 0.3) is 0 Å². The standard InChI is InChI=1S/C16H25NO3/c1-12(17)9-13-6-7-15(18-2)16(10-13)20-11-14-5-3-4-8-19-14/h6-7,10,12,14H,3-5,8-9,11,17H2,1-2H3. The second-order valence-electron chi connectivity index (χ2n) is 5.47. The summed E-state index contributed by atoms with van der Waals surface area (Å²) < 4.78 is 16.9. The van der Waals surface area contributed by atoms with Gasteiger partial charge in [0, 0.05) is 12.6 Å². The quantitative estimate of drug-likeness (QED) is 0.869. The molecule has 0 saturated carbocycles. The zero-order valence-corrected chi connectivity index (χ0v) is 12.4. The van der Waals surface area contributed by atoms with Crippen LogP contribution in [0.5, 0.6) is 11.5 Å². The van der Waals surface area contributed by atoms with E-state index in [1.54, 1.807) is 7.11 Å². The van der Waals surface area contributed by atoms with Crippen molar-refractivity contribution in [3.05, 3.63) is 23.8 Å². The molecule has 1 fully saturated rings. The second-order valence-corrected chi connectivity index (χ2v) is 5.47. The normalized spacial score (nSPS) is 20.4. The number of benzene rings is 1. The molecule has 2 atom stereocenters. The SMILES string of the molecule is COc1ccc(CC(C)N)cc1OCC1CCCCO1. The van der Waals surface area contributed by atoms with Crippen molar-refractivity contribution in [1.29, 1.82) is 0 Å². The zero-order valence-electron chi connectivity index (χ0n) is 12.4. The van der Waals surface area contributed by atoms with E-state index in [1.165, 1.54) is 12.0 Å². The fourth-order valence-corrected chi connectivity index (χ4v) is 2.45.